The van der Waals surface area contributed by atoms with Crippen molar-refractivity contribution in [1.29, 1.82) is 0 Å². The fraction of sp³-hybridized carbons (Fsp3) is 0.455. The maximum absolute atomic E-state index is 12.4. The molecule has 0 amide bonds. The van der Waals surface area contributed by atoms with Crippen molar-refractivity contribution in [3.63, 3.8) is 0 Å². The standard InChI is InChI=1S/C11H13ClF3NO/c1-2-9(17)10(16)6-3-4-7(8(12)5-6)11(13,14)15/h3-5,9-10,17H,2,16H2,1H3/t9-,10+/m1/s1. The minimum absolute atomic E-state index is 0.386. The Morgan fingerprint density at radius 1 is 1.41 bits per heavy atom. The number of hydrogen-bond donors (Lipinski definition) is 2. The van der Waals surface area contributed by atoms with Crippen molar-refractivity contribution in [2.45, 2.75) is 31.7 Å². The lowest BCUT2D eigenvalue weighted by Crippen LogP contribution is -2.25. The van der Waals surface area contributed by atoms with Crippen LogP contribution in [0.3, 0.4) is 0 Å². The van der Waals surface area contributed by atoms with Crippen LogP contribution in [0.25, 0.3) is 0 Å². The van der Waals surface area contributed by atoms with Crippen molar-refractivity contribution in [3.8, 4) is 0 Å². The Morgan fingerprint density at radius 2 is 2.00 bits per heavy atom. The number of halogens is 4. The molecule has 0 aliphatic rings. The minimum atomic E-state index is -4.48. The molecular formula is C11H13ClF3NO. The summed E-state index contributed by atoms with van der Waals surface area (Å²) in [6.07, 6.45) is -4.87. The first-order chi connectivity index (χ1) is 7.77. The molecule has 0 unspecified atom stereocenters. The number of hydrogen-bond acceptors (Lipinski definition) is 2. The summed E-state index contributed by atoms with van der Waals surface area (Å²) in [7, 11) is 0. The second kappa shape index (κ2) is 5.25. The molecule has 0 fully saturated rings. The SMILES string of the molecule is CC[C@@H](O)[C@@H](N)c1ccc(C(F)(F)F)c(Cl)c1. The molecule has 0 spiro atoms. The Labute approximate surface area is 102 Å². The van der Waals surface area contributed by atoms with E-state index in [1.165, 1.54) is 6.07 Å². The first-order valence-corrected chi connectivity index (χ1v) is 5.45. The third-order valence-corrected chi connectivity index (χ3v) is 2.83. The molecule has 0 heterocycles. The molecular weight excluding hydrogens is 255 g/mol. The molecule has 0 saturated heterocycles. The summed E-state index contributed by atoms with van der Waals surface area (Å²) in [6, 6.07) is 2.52. The van der Waals surface area contributed by atoms with Crippen molar-refractivity contribution >= 4 is 11.6 Å². The van der Waals surface area contributed by atoms with Gasteiger partial charge < -0.3 is 10.8 Å². The van der Waals surface area contributed by atoms with Gasteiger partial charge in [0.15, 0.2) is 0 Å². The number of aliphatic hydroxyl groups excluding tert-OH is 1. The summed E-state index contributed by atoms with van der Waals surface area (Å²) < 4.78 is 37.3. The fourth-order valence-corrected chi connectivity index (χ4v) is 1.74. The zero-order chi connectivity index (χ0) is 13.2. The molecule has 1 aromatic carbocycles. The van der Waals surface area contributed by atoms with E-state index in [1.807, 2.05) is 0 Å². The second-order valence-electron chi connectivity index (χ2n) is 3.74. The predicted octanol–water partition coefficient (Wildman–Crippen LogP) is 3.13. The average Bonchev–Trinajstić information content (AvgIpc) is 2.25. The summed E-state index contributed by atoms with van der Waals surface area (Å²) in [5.74, 6) is 0. The lowest BCUT2D eigenvalue weighted by molar-refractivity contribution is -0.137. The van der Waals surface area contributed by atoms with Gasteiger partial charge in [0.25, 0.3) is 0 Å². The maximum Gasteiger partial charge on any atom is 0.417 e. The van der Waals surface area contributed by atoms with Crippen molar-refractivity contribution in [2.24, 2.45) is 5.73 Å². The lowest BCUT2D eigenvalue weighted by atomic mass is 9.99. The highest BCUT2D eigenvalue weighted by Gasteiger charge is 2.33. The summed E-state index contributed by atoms with van der Waals surface area (Å²) >= 11 is 5.55. The monoisotopic (exact) mass is 267 g/mol. The smallest absolute Gasteiger partial charge is 0.391 e. The number of alkyl halides is 3. The summed E-state index contributed by atoms with van der Waals surface area (Å²) in [5, 5.41) is 9.10. The molecule has 0 aliphatic heterocycles. The van der Waals surface area contributed by atoms with E-state index >= 15 is 0 Å². The predicted molar refractivity (Wildman–Crippen MR) is 59.7 cm³/mol. The number of nitrogens with two attached hydrogens (primary N) is 1. The highest BCUT2D eigenvalue weighted by Crippen LogP contribution is 2.35. The quantitative estimate of drug-likeness (QED) is 0.884. The van der Waals surface area contributed by atoms with E-state index in [-0.39, 0.29) is 0 Å². The Balaban J connectivity index is 3.05. The largest absolute Gasteiger partial charge is 0.417 e. The van der Waals surface area contributed by atoms with Crippen molar-refractivity contribution in [2.75, 3.05) is 0 Å². The second-order valence-corrected chi connectivity index (χ2v) is 4.15. The van der Waals surface area contributed by atoms with Crippen LogP contribution in [0.2, 0.25) is 5.02 Å². The van der Waals surface area contributed by atoms with Crippen LogP contribution in [-0.4, -0.2) is 11.2 Å². The van der Waals surface area contributed by atoms with E-state index in [0.717, 1.165) is 12.1 Å². The first kappa shape index (κ1) is 14.3. The van der Waals surface area contributed by atoms with Gasteiger partial charge >= 0.3 is 6.18 Å². The van der Waals surface area contributed by atoms with Crippen LogP contribution < -0.4 is 5.73 Å². The lowest BCUT2D eigenvalue weighted by Gasteiger charge is -2.19. The van der Waals surface area contributed by atoms with Gasteiger partial charge in [0.1, 0.15) is 0 Å². The number of aliphatic hydroxyl groups is 1. The van der Waals surface area contributed by atoms with Crippen molar-refractivity contribution in [3.05, 3.63) is 34.3 Å². The van der Waals surface area contributed by atoms with Crippen LogP contribution in [0.4, 0.5) is 13.2 Å². The normalized spacial score (nSPS) is 15.7. The molecule has 0 saturated carbocycles. The zero-order valence-corrected chi connectivity index (χ0v) is 9.89. The Hall–Kier alpha value is -0.780. The Bertz CT molecular complexity index is 395. The topological polar surface area (TPSA) is 46.2 Å². The van der Waals surface area contributed by atoms with Crippen LogP contribution in [0.15, 0.2) is 18.2 Å². The van der Waals surface area contributed by atoms with Gasteiger partial charge in [-0.1, -0.05) is 24.6 Å². The molecule has 6 heteroatoms. The summed E-state index contributed by atoms with van der Waals surface area (Å²) in [5.41, 5.74) is 5.17. The van der Waals surface area contributed by atoms with Gasteiger partial charge in [-0.15, -0.1) is 0 Å². The Kier molecular flexibility index (Phi) is 4.41. The molecule has 17 heavy (non-hydrogen) atoms. The van der Waals surface area contributed by atoms with Crippen LogP contribution in [0.5, 0.6) is 0 Å². The number of rotatable bonds is 3. The molecule has 0 radical (unpaired) electrons. The van der Waals surface area contributed by atoms with Gasteiger partial charge in [0.05, 0.1) is 22.7 Å². The van der Waals surface area contributed by atoms with Crippen molar-refractivity contribution < 1.29 is 18.3 Å². The third kappa shape index (κ3) is 3.34. The van der Waals surface area contributed by atoms with E-state index in [4.69, 9.17) is 17.3 Å². The van der Waals surface area contributed by atoms with E-state index in [9.17, 15) is 18.3 Å². The summed E-state index contributed by atoms with van der Waals surface area (Å²) in [6.45, 7) is 1.73. The Morgan fingerprint density at radius 3 is 2.41 bits per heavy atom. The van der Waals surface area contributed by atoms with E-state index in [2.05, 4.69) is 0 Å². The van der Waals surface area contributed by atoms with Crippen molar-refractivity contribution in [1.82, 2.24) is 0 Å². The summed E-state index contributed by atoms with van der Waals surface area (Å²) in [4.78, 5) is 0. The van der Waals surface area contributed by atoms with E-state index < -0.39 is 28.9 Å². The van der Waals surface area contributed by atoms with Gasteiger partial charge in [0, 0.05) is 0 Å². The fourth-order valence-electron chi connectivity index (χ4n) is 1.44. The molecule has 0 aromatic heterocycles. The zero-order valence-electron chi connectivity index (χ0n) is 9.13. The molecule has 0 bridgehead atoms. The molecule has 2 atom stereocenters. The van der Waals surface area contributed by atoms with Crippen LogP contribution in [0.1, 0.15) is 30.5 Å². The van der Waals surface area contributed by atoms with Crippen LogP contribution >= 0.6 is 11.6 Å². The van der Waals surface area contributed by atoms with Gasteiger partial charge in [-0.05, 0) is 24.1 Å². The molecule has 1 aromatic rings. The van der Waals surface area contributed by atoms with Gasteiger partial charge in [-0.2, -0.15) is 13.2 Å². The van der Waals surface area contributed by atoms with E-state index in [1.54, 1.807) is 6.92 Å². The maximum atomic E-state index is 12.4. The van der Waals surface area contributed by atoms with Crippen LogP contribution in [-0.2, 0) is 6.18 Å². The van der Waals surface area contributed by atoms with E-state index in [0.29, 0.717) is 12.0 Å². The molecule has 3 N–H and O–H groups in total. The molecule has 2 nitrogen and oxygen atoms in total. The van der Waals surface area contributed by atoms with Crippen LogP contribution in [0, 0.1) is 0 Å². The van der Waals surface area contributed by atoms with Gasteiger partial charge in [-0.25, -0.2) is 0 Å². The highest BCUT2D eigenvalue weighted by molar-refractivity contribution is 6.31. The van der Waals surface area contributed by atoms with Gasteiger partial charge in [-0.3, -0.25) is 0 Å². The number of benzene rings is 1. The molecule has 0 aliphatic carbocycles. The minimum Gasteiger partial charge on any atom is -0.391 e. The molecule has 1 rings (SSSR count). The average molecular weight is 268 g/mol. The first-order valence-electron chi connectivity index (χ1n) is 5.07. The molecule has 96 valence electrons. The highest BCUT2D eigenvalue weighted by atomic mass is 35.5. The third-order valence-electron chi connectivity index (χ3n) is 2.52. The van der Waals surface area contributed by atoms with Gasteiger partial charge in [0.2, 0.25) is 0 Å².